The van der Waals surface area contributed by atoms with Crippen LogP contribution in [-0.4, -0.2) is 16.7 Å². The van der Waals surface area contributed by atoms with Crippen LogP contribution in [0.2, 0.25) is 0 Å². The lowest BCUT2D eigenvalue weighted by Gasteiger charge is -2.26. The third-order valence-corrected chi connectivity index (χ3v) is 2.95. The highest BCUT2D eigenvalue weighted by Crippen LogP contribution is 2.42. The molecule has 1 atom stereocenters. The van der Waals surface area contributed by atoms with Crippen molar-refractivity contribution >= 4 is 5.97 Å². The Morgan fingerprint density at radius 2 is 1.88 bits per heavy atom. The largest absolute Gasteiger partial charge is 0.478 e. The zero-order valence-corrected chi connectivity index (χ0v) is 9.24. The van der Waals surface area contributed by atoms with Crippen LogP contribution >= 0.6 is 0 Å². The average Bonchev–Trinajstić information content (AvgIpc) is 2.97. The van der Waals surface area contributed by atoms with Crippen molar-refractivity contribution in [2.24, 2.45) is 5.92 Å². The first-order chi connectivity index (χ1) is 7.91. The topological polar surface area (TPSA) is 46.5 Å². The van der Waals surface area contributed by atoms with Gasteiger partial charge in [-0.1, -0.05) is 0 Å². The second-order valence-corrected chi connectivity index (χ2v) is 4.39. The van der Waals surface area contributed by atoms with E-state index in [0.717, 1.165) is 25.0 Å². The molecule has 1 aromatic rings. The fourth-order valence-electron chi connectivity index (χ4n) is 1.77. The van der Waals surface area contributed by atoms with Crippen molar-refractivity contribution in [1.82, 2.24) is 0 Å². The highest BCUT2D eigenvalue weighted by molar-refractivity contribution is 5.78. The lowest BCUT2D eigenvalue weighted by atomic mass is 10.0. The Labute approximate surface area is 97.0 Å². The van der Waals surface area contributed by atoms with Crippen molar-refractivity contribution < 1.29 is 23.4 Å². The molecule has 0 radical (unpaired) electrons. The number of carboxylic acid groups (broad SMARTS) is 1. The van der Waals surface area contributed by atoms with Crippen LogP contribution in [0.5, 0.6) is 5.75 Å². The van der Waals surface area contributed by atoms with Crippen molar-refractivity contribution in [3.63, 3.8) is 0 Å². The number of benzene rings is 1. The van der Waals surface area contributed by atoms with E-state index >= 15 is 0 Å². The number of aliphatic carboxylic acids is 1. The molecule has 1 N–H and O–H groups in total. The van der Waals surface area contributed by atoms with E-state index in [1.165, 1.54) is 6.92 Å². The fourth-order valence-corrected chi connectivity index (χ4v) is 1.77. The van der Waals surface area contributed by atoms with Gasteiger partial charge in [-0.2, -0.15) is 0 Å². The van der Waals surface area contributed by atoms with Crippen LogP contribution in [0, 0.1) is 17.6 Å². The van der Waals surface area contributed by atoms with E-state index in [-0.39, 0.29) is 11.7 Å². The molecule has 0 bridgehead atoms. The third kappa shape index (κ3) is 2.38. The molecule has 1 aromatic carbocycles. The molecule has 0 amide bonds. The fraction of sp³-hybridized carbons (Fsp3) is 0.417. The Balaban J connectivity index is 2.26. The van der Waals surface area contributed by atoms with Crippen molar-refractivity contribution in [1.29, 1.82) is 0 Å². The summed E-state index contributed by atoms with van der Waals surface area (Å²) in [5, 5.41) is 9.13. The van der Waals surface area contributed by atoms with Gasteiger partial charge in [-0.25, -0.2) is 13.6 Å². The molecule has 2 rings (SSSR count). The normalized spacial score (nSPS) is 18.5. The second-order valence-electron chi connectivity index (χ2n) is 4.39. The zero-order valence-electron chi connectivity index (χ0n) is 9.24. The van der Waals surface area contributed by atoms with Gasteiger partial charge in [-0.05, 0) is 19.8 Å². The quantitative estimate of drug-likeness (QED) is 0.882. The molecule has 92 valence electrons. The van der Waals surface area contributed by atoms with Gasteiger partial charge in [-0.15, -0.1) is 0 Å². The summed E-state index contributed by atoms with van der Waals surface area (Å²) < 4.78 is 31.2. The highest BCUT2D eigenvalue weighted by Gasteiger charge is 2.50. The molecule has 0 aliphatic heterocycles. The van der Waals surface area contributed by atoms with Gasteiger partial charge in [-0.3, -0.25) is 0 Å². The van der Waals surface area contributed by atoms with E-state index in [4.69, 9.17) is 9.84 Å². The first-order valence-corrected chi connectivity index (χ1v) is 5.30. The molecule has 1 saturated carbocycles. The van der Waals surface area contributed by atoms with E-state index in [0.29, 0.717) is 6.07 Å². The second kappa shape index (κ2) is 3.98. The monoisotopic (exact) mass is 242 g/mol. The Morgan fingerprint density at radius 1 is 1.35 bits per heavy atom. The molecule has 3 nitrogen and oxygen atoms in total. The zero-order chi connectivity index (χ0) is 12.6. The molecule has 1 aliphatic carbocycles. The molecule has 1 aliphatic rings. The first kappa shape index (κ1) is 11.8. The van der Waals surface area contributed by atoms with E-state index in [9.17, 15) is 13.6 Å². The van der Waals surface area contributed by atoms with Crippen molar-refractivity contribution in [3.8, 4) is 5.75 Å². The molecule has 1 fully saturated rings. The van der Waals surface area contributed by atoms with Crippen LogP contribution in [0.4, 0.5) is 8.78 Å². The highest BCUT2D eigenvalue weighted by atomic mass is 19.1. The predicted octanol–water partition coefficient (Wildman–Crippen LogP) is 2.60. The van der Waals surface area contributed by atoms with Crippen LogP contribution in [0.1, 0.15) is 19.8 Å². The van der Waals surface area contributed by atoms with Crippen molar-refractivity contribution in [2.45, 2.75) is 25.4 Å². The summed E-state index contributed by atoms with van der Waals surface area (Å²) >= 11 is 0. The Bertz CT molecular complexity index is 437. The predicted molar refractivity (Wildman–Crippen MR) is 55.8 cm³/mol. The summed E-state index contributed by atoms with van der Waals surface area (Å²) in [6, 6.07) is 2.67. The Hall–Kier alpha value is -1.65. The molecular weight excluding hydrogens is 230 g/mol. The SMILES string of the molecule is CC(Oc1cc(F)cc(F)c1)(C(=O)O)C1CC1. The number of carboxylic acids is 1. The average molecular weight is 242 g/mol. The van der Waals surface area contributed by atoms with E-state index < -0.39 is 23.2 Å². The smallest absolute Gasteiger partial charge is 0.348 e. The number of rotatable bonds is 4. The minimum atomic E-state index is -1.42. The molecule has 5 heteroatoms. The summed E-state index contributed by atoms with van der Waals surface area (Å²) in [5.41, 5.74) is -1.42. The summed E-state index contributed by atoms with van der Waals surface area (Å²) in [7, 11) is 0. The maximum absolute atomic E-state index is 13.0. The standard InChI is InChI=1S/C12H12F2O3/c1-12(11(15)16,7-2-3-7)17-10-5-8(13)4-9(14)6-10/h4-7H,2-3H2,1H3,(H,15,16). The van der Waals surface area contributed by atoms with Gasteiger partial charge in [0, 0.05) is 24.1 Å². The van der Waals surface area contributed by atoms with Crippen molar-refractivity contribution in [2.75, 3.05) is 0 Å². The maximum atomic E-state index is 13.0. The summed E-state index contributed by atoms with van der Waals surface area (Å²) in [6.45, 7) is 1.43. The minimum Gasteiger partial charge on any atom is -0.478 e. The number of carbonyl (C=O) groups is 1. The van der Waals surface area contributed by atoms with Gasteiger partial charge < -0.3 is 9.84 Å². The Morgan fingerprint density at radius 3 is 2.29 bits per heavy atom. The molecular formula is C12H12F2O3. The van der Waals surface area contributed by atoms with Crippen LogP contribution in [-0.2, 0) is 4.79 Å². The summed E-state index contributed by atoms with van der Waals surface area (Å²) in [4.78, 5) is 11.2. The lowest BCUT2D eigenvalue weighted by Crippen LogP contribution is -2.43. The number of halogens is 2. The summed E-state index contributed by atoms with van der Waals surface area (Å²) in [5.74, 6) is -2.90. The van der Waals surface area contributed by atoms with Gasteiger partial charge in [0.2, 0.25) is 5.60 Å². The van der Waals surface area contributed by atoms with Gasteiger partial charge in [0.1, 0.15) is 17.4 Å². The lowest BCUT2D eigenvalue weighted by molar-refractivity contribution is -0.155. The van der Waals surface area contributed by atoms with Crippen molar-refractivity contribution in [3.05, 3.63) is 29.8 Å². The third-order valence-electron chi connectivity index (χ3n) is 2.95. The van der Waals surface area contributed by atoms with Gasteiger partial charge in [0.05, 0.1) is 0 Å². The van der Waals surface area contributed by atoms with Gasteiger partial charge >= 0.3 is 5.97 Å². The number of ether oxygens (including phenoxy) is 1. The van der Waals surface area contributed by atoms with E-state index in [2.05, 4.69) is 0 Å². The van der Waals surface area contributed by atoms with Gasteiger partial charge in [0.25, 0.3) is 0 Å². The molecule has 0 aromatic heterocycles. The molecule has 0 saturated heterocycles. The van der Waals surface area contributed by atoms with E-state index in [1.807, 2.05) is 0 Å². The molecule has 1 unspecified atom stereocenters. The van der Waals surface area contributed by atoms with Crippen LogP contribution in [0.3, 0.4) is 0 Å². The molecule has 0 spiro atoms. The number of hydrogen-bond acceptors (Lipinski definition) is 2. The van der Waals surface area contributed by atoms with Crippen LogP contribution < -0.4 is 4.74 Å². The molecule has 17 heavy (non-hydrogen) atoms. The summed E-state index contributed by atoms with van der Waals surface area (Å²) in [6.07, 6.45) is 1.50. The minimum absolute atomic E-state index is 0.0979. The number of hydrogen-bond donors (Lipinski definition) is 1. The maximum Gasteiger partial charge on any atom is 0.348 e. The first-order valence-electron chi connectivity index (χ1n) is 5.30. The van der Waals surface area contributed by atoms with Crippen LogP contribution in [0.25, 0.3) is 0 Å². The van der Waals surface area contributed by atoms with Crippen LogP contribution in [0.15, 0.2) is 18.2 Å². The van der Waals surface area contributed by atoms with E-state index in [1.54, 1.807) is 0 Å². The van der Waals surface area contributed by atoms with Gasteiger partial charge in [0.15, 0.2) is 0 Å². The Kier molecular flexibility index (Phi) is 2.77. The molecule has 0 heterocycles.